The van der Waals surface area contributed by atoms with Gasteiger partial charge in [-0.05, 0) is 73.1 Å². The lowest BCUT2D eigenvalue weighted by atomic mass is 10.0. The average molecular weight is 368 g/mol. The van der Waals surface area contributed by atoms with Gasteiger partial charge in [-0.15, -0.1) is 0 Å². The molecule has 1 aromatic carbocycles. The van der Waals surface area contributed by atoms with Gasteiger partial charge in [-0.2, -0.15) is 0 Å². The van der Waals surface area contributed by atoms with Gasteiger partial charge in [0.2, 0.25) is 0 Å². The fourth-order valence-electron chi connectivity index (χ4n) is 2.96. The maximum absolute atomic E-state index is 3.76. The van der Waals surface area contributed by atoms with Gasteiger partial charge in [-0.1, -0.05) is 19.9 Å². The first kappa shape index (κ1) is 17.8. The van der Waals surface area contributed by atoms with Crippen molar-refractivity contribution in [3.05, 3.63) is 28.2 Å². The van der Waals surface area contributed by atoms with Gasteiger partial charge in [-0.3, -0.25) is 4.90 Å². The highest BCUT2D eigenvalue weighted by Gasteiger charge is 2.18. The van der Waals surface area contributed by atoms with Crippen LogP contribution < -0.4 is 4.90 Å². The van der Waals surface area contributed by atoms with E-state index in [2.05, 4.69) is 76.8 Å². The first-order chi connectivity index (χ1) is 10.5. The van der Waals surface area contributed by atoms with Gasteiger partial charge in [0.25, 0.3) is 0 Å². The van der Waals surface area contributed by atoms with Crippen LogP contribution >= 0.6 is 15.9 Å². The number of hydrogen-bond acceptors (Lipinski definition) is 3. The minimum atomic E-state index is 0.582. The Bertz CT molecular complexity index is 465. The summed E-state index contributed by atoms with van der Waals surface area (Å²) in [4.78, 5) is 7.37. The Kier molecular flexibility index (Phi) is 6.72. The quantitative estimate of drug-likeness (QED) is 0.759. The molecule has 0 unspecified atom stereocenters. The summed E-state index contributed by atoms with van der Waals surface area (Å²) < 4.78 is 1.24. The summed E-state index contributed by atoms with van der Waals surface area (Å²) in [6.45, 7) is 11.5. The van der Waals surface area contributed by atoms with Crippen molar-refractivity contribution in [1.82, 2.24) is 9.80 Å². The summed E-state index contributed by atoms with van der Waals surface area (Å²) in [7, 11) is 4.30. The van der Waals surface area contributed by atoms with Crippen molar-refractivity contribution < 1.29 is 0 Å². The summed E-state index contributed by atoms with van der Waals surface area (Å²) in [5.41, 5.74) is 2.75. The third-order valence-electron chi connectivity index (χ3n) is 4.43. The predicted molar refractivity (Wildman–Crippen MR) is 100 cm³/mol. The first-order valence-electron chi connectivity index (χ1n) is 8.39. The van der Waals surface area contributed by atoms with E-state index in [9.17, 15) is 0 Å². The summed E-state index contributed by atoms with van der Waals surface area (Å²) in [5.74, 6) is 0.582. The summed E-state index contributed by atoms with van der Waals surface area (Å²) in [6, 6.07) is 6.83. The zero-order valence-electron chi connectivity index (χ0n) is 14.5. The fourth-order valence-corrected chi connectivity index (χ4v) is 3.61. The number of benzene rings is 1. The van der Waals surface area contributed by atoms with Crippen LogP contribution in [-0.2, 0) is 0 Å². The molecule has 1 aliphatic heterocycles. The van der Waals surface area contributed by atoms with Crippen LogP contribution in [0.4, 0.5) is 5.69 Å². The molecule has 0 amide bonds. The molecule has 0 spiro atoms. The van der Waals surface area contributed by atoms with E-state index in [0.29, 0.717) is 5.92 Å². The molecule has 0 aliphatic carbocycles. The normalized spacial score (nSPS) is 16.8. The van der Waals surface area contributed by atoms with E-state index in [0.717, 1.165) is 13.1 Å². The van der Waals surface area contributed by atoms with Gasteiger partial charge < -0.3 is 9.80 Å². The van der Waals surface area contributed by atoms with Crippen LogP contribution in [0.5, 0.6) is 0 Å². The lowest BCUT2D eigenvalue weighted by Crippen LogP contribution is -2.47. The average Bonchev–Trinajstić information content (AvgIpc) is 2.47. The smallest absolute Gasteiger partial charge is 0.0511 e. The van der Waals surface area contributed by atoms with Gasteiger partial charge in [0.05, 0.1) is 5.69 Å². The standard InChI is InChI=1S/C18H30BrN3/c1-15(2)16-6-7-18(17(19)14-16)22-12-10-21(11-13-22)9-5-8-20(3)4/h6-7,14-15H,5,8-13H2,1-4H3. The molecule has 1 fully saturated rings. The topological polar surface area (TPSA) is 9.72 Å². The van der Waals surface area contributed by atoms with Crippen LogP contribution in [-0.4, -0.2) is 63.2 Å². The third-order valence-corrected chi connectivity index (χ3v) is 5.07. The Hall–Kier alpha value is -0.580. The Morgan fingerprint density at radius 3 is 2.36 bits per heavy atom. The minimum Gasteiger partial charge on any atom is -0.368 e. The molecule has 0 radical (unpaired) electrons. The molecule has 4 heteroatoms. The van der Waals surface area contributed by atoms with Crippen LogP contribution in [0, 0.1) is 0 Å². The molecule has 1 saturated heterocycles. The summed E-state index contributed by atoms with van der Waals surface area (Å²) in [6.07, 6.45) is 1.26. The van der Waals surface area contributed by atoms with E-state index in [1.807, 2.05) is 0 Å². The Morgan fingerprint density at radius 2 is 1.82 bits per heavy atom. The van der Waals surface area contributed by atoms with Crippen LogP contribution in [0.15, 0.2) is 22.7 Å². The first-order valence-corrected chi connectivity index (χ1v) is 9.18. The molecular weight excluding hydrogens is 338 g/mol. The van der Waals surface area contributed by atoms with E-state index in [1.165, 1.54) is 48.3 Å². The molecule has 1 aliphatic rings. The molecular formula is C18H30BrN3. The molecule has 1 heterocycles. The van der Waals surface area contributed by atoms with Crippen LogP contribution in [0.25, 0.3) is 0 Å². The number of halogens is 1. The second-order valence-electron chi connectivity index (χ2n) is 6.85. The highest BCUT2D eigenvalue weighted by molar-refractivity contribution is 9.10. The Balaban J connectivity index is 1.86. The Morgan fingerprint density at radius 1 is 1.14 bits per heavy atom. The van der Waals surface area contributed by atoms with E-state index in [-0.39, 0.29) is 0 Å². The zero-order valence-corrected chi connectivity index (χ0v) is 16.1. The SMILES string of the molecule is CC(C)c1ccc(N2CCN(CCCN(C)C)CC2)c(Br)c1. The van der Waals surface area contributed by atoms with E-state index in [1.54, 1.807) is 0 Å². The van der Waals surface area contributed by atoms with Crippen molar-refractivity contribution in [2.24, 2.45) is 0 Å². The van der Waals surface area contributed by atoms with E-state index < -0.39 is 0 Å². The van der Waals surface area contributed by atoms with Gasteiger partial charge in [-0.25, -0.2) is 0 Å². The van der Waals surface area contributed by atoms with Crippen molar-refractivity contribution in [3.63, 3.8) is 0 Å². The van der Waals surface area contributed by atoms with E-state index in [4.69, 9.17) is 0 Å². The zero-order chi connectivity index (χ0) is 16.1. The monoisotopic (exact) mass is 367 g/mol. The van der Waals surface area contributed by atoms with Crippen LogP contribution in [0.3, 0.4) is 0 Å². The third kappa shape index (κ3) is 4.97. The Labute approximate surface area is 144 Å². The van der Waals surface area contributed by atoms with Crippen LogP contribution in [0.2, 0.25) is 0 Å². The maximum Gasteiger partial charge on any atom is 0.0511 e. The summed E-state index contributed by atoms with van der Waals surface area (Å²) >= 11 is 3.76. The highest BCUT2D eigenvalue weighted by Crippen LogP contribution is 2.30. The van der Waals surface area contributed by atoms with Crippen molar-refractivity contribution >= 4 is 21.6 Å². The molecule has 0 aromatic heterocycles. The molecule has 0 bridgehead atoms. The number of anilines is 1. The number of nitrogens with zero attached hydrogens (tertiary/aromatic N) is 3. The molecule has 0 N–H and O–H groups in total. The molecule has 0 saturated carbocycles. The van der Waals surface area contributed by atoms with Gasteiger partial charge in [0.15, 0.2) is 0 Å². The molecule has 1 aromatic rings. The highest BCUT2D eigenvalue weighted by atomic mass is 79.9. The molecule has 22 heavy (non-hydrogen) atoms. The van der Waals surface area contributed by atoms with Crippen molar-refractivity contribution in [2.75, 3.05) is 58.3 Å². The summed E-state index contributed by atoms with van der Waals surface area (Å²) in [5, 5.41) is 0. The van der Waals surface area contributed by atoms with Gasteiger partial charge in [0.1, 0.15) is 0 Å². The molecule has 2 rings (SSSR count). The molecule has 124 valence electrons. The van der Waals surface area contributed by atoms with Crippen molar-refractivity contribution in [1.29, 1.82) is 0 Å². The van der Waals surface area contributed by atoms with Crippen LogP contribution in [0.1, 0.15) is 31.7 Å². The number of piperazine rings is 1. The van der Waals surface area contributed by atoms with Gasteiger partial charge >= 0.3 is 0 Å². The lowest BCUT2D eigenvalue weighted by Gasteiger charge is -2.36. The van der Waals surface area contributed by atoms with Gasteiger partial charge in [0, 0.05) is 30.7 Å². The number of rotatable bonds is 6. The second-order valence-corrected chi connectivity index (χ2v) is 7.71. The van der Waals surface area contributed by atoms with Crippen molar-refractivity contribution in [3.8, 4) is 0 Å². The molecule has 0 atom stereocenters. The largest absolute Gasteiger partial charge is 0.368 e. The van der Waals surface area contributed by atoms with E-state index >= 15 is 0 Å². The molecule has 3 nitrogen and oxygen atoms in total. The second kappa shape index (κ2) is 8.32. The predicted octanol–water partition coefficient (Wildman–Crippen LogP) is 3.65. The lowest BCUT2D eigenvalue weighted by molar-refractivity contribution is 0.242. The van der Waals surface area contributed by atoms with Crippen molar-refractivity contribution in [2.45, 2.75) is 26.2 Å². The maximum atomic E-state index is 3.76. The number of hydrogen-bond donors (Lipinski definition) is 0. The fraction of sp³-hybridized carbons (Fsp3) is 0.667. The minimum absolute atomic E-state index is 0.582.